The number of aliphatic hydroxyl groups is 3. The van der Waals surface area contributed by atoms with Gasteiger partial charge in [0.25, 0.3) is 0 Å². The zero-order valence-corrected chi connectivity index (χ0v) is 32.3. The molecule has 1 aliphatic rings. The summed E-state index contributed by atoms with van der Waals surface area (Å²) in [6, 6.07) is 10.0. The number of pyridine rings is 1. The van der Waals surface area contributed by atoms with Gasteiger partial charge in [0.2, 0.25) is 0 Å². The Labute approximate surface area is 327 Å². The third-order valence-corrected chi connectivity index (χ3v) is 10.1. The SMILES string of the molecule is C#CCCCCC(=O)OCc1cnc(C)c(OC(=O)CCC/C=C\C[C@@H]2[C@@H](CCC(O)CCc3ccccc3)[C@H](O)C[C@@H]2O)c1COC(=O)CCCCC#C. The van der Waals surface area contributed by atoms with E-state index in [1.807, 2.05) is 42.5 Å². The molecular formula is C45H59NO9. The number of allylic oxidation sites excluding steroid dienone is 2. The molecule has 1 aromatic heterocycles. The van der Waals surface area contributed by atoms with Crippen molar-refractivity contribution in [3.63, 3.8) is 0 Å². The van der Waals surface area contributed by atoms with Gasteiger partial charge in [0.1, 0.15) is 13.2 Å². The van der Waals surface area contributed by atoms with Gasteiger partial charge in [-0.15, -0.1) is 24.7 Å². The summed E-state index contributed by atoms with van der Waals surface area (Å²) in [5, 5.41) is 31.9. The maximum absolute atomic E-state index is 13.0. The van der Waals surface area contributed by atoms with E-state index in [2.05, 4.69) is 16.8 Å². The molecule has 1 fully saturated rings. The predicted molar refractivity (Wildman–Crippen MR) is 210 cm³/mol. The lowest BCUT2D eigenvalue weighted by molar-refractivity contribution is -0.146. The van der Waals surface area contributed by atoms with E-state index in [0.717, 1.165) is 6.42 Å². The van der Waals surface area contributed by atoms with Crippen molar-refractivity contribution >= 4 is 17.9 Å². The molecule has 55 heavy (non-hydrogen) atoms. The molecule has 0 saturated heterocycles. The predicted octanol–water partition coefficient (Wildman–Crippen LogP) is 7.02. The van der Waals surface area contributed by atoms with Crippen LogP contribution in [0, 0.1) is 43.4 Å². The maximum Gasteiger partial charge on any atom is 0.311 e. The van der Waals surface area contributed by atoms with Crippen LogP contribution < -0.4 is 4.74 Å². The van der Waals surface area contributed by atoms with Gasteiger partial charge in [0, 0.05) is 49.4 Å². The summed E-state index contributed by atoms with van der Waals surface area (Å²) in [4.78, 5) is 42.3. The number of carbonyl (C=O) groups is 3. The normalized spacial score (nSPS) is 18.4. The first-order valence-electron chi connectivity index (χ1n) is 19.7. The molecular weight excluding hydrogens is 698 g/mol. The second-order valence-electron chi connectivity index (χ2n) is 14.3. The number of nitrogens with zero attached hydrogens (tertiary/aromatic N) is 1. The number of rotatable bonds is 25. The fourth-order valence-electron chi connectivity index (χ4n) is 6.86. The van der Waals surface area contributed by atoms with Gasteiger partial charge in [0.15, 0.2) is 5.75 Å². The van der Waals surface area contributed by atoms with Gasteiger partial charge in [-0.25, -0.2) is 0 Å². The van der Waals surface area contributed by atoms with Gasteiger partial charge in [-0.05, 0) is 101 Å². The van der Waals surface area contributed by atoms with Crippen LogP contribution in [-0.2, 0) is 43.5 Å². The minimum atomic E-state index is -0.613. The maximum atomic E-state index is 13.0. The topological polar surface area (TPSA) is 152 Å². The Morgan fingerprint density at radius 3 is 2.16 bits per heavy atom. The lowest BCUT2D eigenvalue weighted by Gasteiger charge is -2.23. The first kappa shape index (κ1) is 44.9. The molecule has 2 aromatic rings. The molecule has 0 bridgehead atoms. The summed E-state index contributed by atoms with van der Waals surface area (Å²) < 4.78 is 16.8. The fraction of sp³-hybridized carbons (Fsp3) is 0.556. The molecule has 0 spiro atoms. The van der Waals surface area contributed by atoms with E-state index in [1.54, 1.807) is 6.92 Å². The van der Waals surface area contributed by atoms with E-state index in [0.29, 0.717) is 100 Å². The molecule has 10 nitrogen and oxygen atoms in total. The molecule has 1 heterocycles. The van der Waals surface area contributed by atoms with Crippen molar-refractivity contribution < 1.29 is 43.9 Å². The third kappa shape index (κ3) is 16.8. The Kier molecular flexibility index (Phi) is 20.9. The van der Waals surface area contributed by atoms with Crippen LogP contribution >= 0.6 is 0 Å². The lowest BCUT2D eigenvalue weighted by atomic mass is 9.85. The van der Waals surface area contributed by atoms with Crippen LogP contribution in [-0.4, -0.2) is 56.5 Å². The van der Waals surface area contributed by atoms with Gasteiger partial charge < -0.3 is 29.5 Å². The van der Waals surface area contributed by atoms with Crippen molar-refractivity contribution in [2.45, 2.75) is 148 Å². The molecule has 298 valence electrons. The molecule has 5 atom stereocenters. The van der Waals surface area contributed by atoms with Crippen molar-refractivity contribution in [2.75, 3.05) is 0 Å². The summed E-state index contributed by atoms with van der Waals surface area (Å²) in [5.74, 6) is 3.76. The Bertz CT molecular complexity index is 1590. The number of ether oxygens (including phenoxy) is 3. The number of esters is 3. The number of aromatic nitrogens is 1. The van der Waals surface area contributed by atoms with Crippen LogP contribution in [0.15, 0.2) is 48.7 Å². The molecule has 1 aliphatic carbocycles. The van der Waals surface area contributed by atoms with Crippen molar-refractivity contribution in [3.05, 3.63) is 71.1 Å². The molecule has 1 aromatic carbocycles. The zero-order valence-electron chi connectivity index (χ0n) is 32.3. The number of aryl methyl sites for hydroxylation is 2. The van der Waals surface area contributed by atoms with Crippen LogP contribution in [0.4, 0.5) is 0 Å². The van der Waals surface area contributed by atoms with E-state index < -0.39 is 36.2 Å². The molecule has 1 saturated carbocycles. The highest BCUT2D eigenvalue weighted by Crippen LogP contribution is 2.38. The van der Waals surface area contributed by atoms with Crippen LogP contribution in [0.3, 0.4) is 0 Å². The van der Waals surface area contributed by atoms with Gasteiger partial charge in [-0.1, -0.05) is 42.5 Å². The quantitative estimate of drug-likeness (QED) is 0.0417. The number of aliphatic hydroxyl groups excluding tert-OH is 3. The summed E-state index contributed by atoms with van der Waals surface area (Å²) in [6.07, 6.45) is 23.3. The molecule has 0 radical (unpaired) electrons. The minimum absolute atomic E-state index is 0.0991. The van der Waals surface area contributed by atoms with Crippen LogP contribution in [0.2, 0.25) is 0 Å². The van der Waals surface area contributed by atoms with Crippen molar-refractivity contribution in [1.29, 1.82) is 0 Å². The highest BCUT2D eigenvalue weighted by Gasteiger charge is 2.40. The summed E-state index contributed by atoms with van der Waals surface area (Å²) in [6.45, 7) is 1.37. The largest absolute Gasteiger partial charge is 0.461 e. The number of hydrogen-bond acceptors (Lipinski definition) is 10. The molecule has 1 unspecified atom stereocenters. The molecule has 10 heteroatoms. The Hall–Kier alpha value is -4.48. The second-order valence-corrected chi connectivity index (χ2v) is 14.3. The highest BCUT2D eigenvalue weighted by atomic mass is 16.5. The van der Waals surface area contributed by atoms with Crippen LogP contribution in [0.25, 0.3) is 0 Å². The first-order chi connectivity index (χ1) is 26.6. The van der Waals surface area contributed by atoms with E-state index in [1.165, 1.54) is 11.8 Å². The number of hydrogen-bond donors (Lipinski definition) is 3. The Morgan fingerprint density at radius 2 is 1.49 bits per heavy atom. The molecule has 3 N–H and O–H groups in total. The van der Waals surface area contributed by atoms with Gasteiger partial charge >= 0.3 is 17.9 Å². The third-order valence-electron chi connectivity index (χ3n) is 10.1. The van der Waals surface area contributed by atoms with Gasteiger partial charge in [-0.3, -0.25) is 19.4 Å². The van der Waals surface area contributed by atoms with E-state index in [-0.39, 0.29) is 50.1 Å². The Balaban J connectivity index is 1.52. The zero-order chi connectivity index (χ0) is 39.8. The highest BCUT2D eigenvalue weighted by molar-refractivity contribution is 5.74. The van der Waals surface area contributed by atoms with E-state index in [4.69, 9.17) is 27.1 Å². The van der Waals surface area contributed by atoms with Crippen molar-refractivity contribution in [2.24, 2.45) is 11.8 Å². The standard InChI is InChI=1S/C45H59NO9/c1-4-6-8-16-22-42(50)53-31-35-30-46-33(3)45(39(35)32-54-43(51)23-17-9-7-5-2)55-44(52)24-18-11-10-15-21-37-38(41(49)29-40(37)48)28-27-36(47)26-25-34-19-13-12-14-20-34/h1-2,10,12-15,19-20,30,36-38,40-41,47-49H,6-9,11,16-18,21-29,31-32H2,3H3/b15-10-/t36?,37-,38-,40+,41-/m1/s1. The summed E-state index contributed by atoms with van der Waals surface area (Å²) in [7, 11) is 0. The summed E-state index contributed by atoms with van der Waals surface area (Å²) in [5.41, 5.74) is 2.48. The fourth-order valence-corrected chi connectivity index (χ4v) is 6.86. The van der Waals surface area contributed by atoms with Crippen molar-refractivity contribution in [1.82, 2.24) is 4.98 Å². The minimum Gasteiger partial charge on any atom is -0.461 e. The number of terminal acetylenes is 2. The summed E-state index contributed by atoms with van der Waals surface area (Å²) >= 11 is 0. The Morgan fingerprint density at radius 1 is 0.855 bits per heavy atom. The van der Waals surface area contributed by atoms with E-state index >= 15 is 0 Å². The number of benzene rings is 1. The molecule has 0 aliphatic heterocycles. The van der Waals surface area contributed by atoms with Crippen LogP contribution in [0.1, 0.15) is 125 Å². The van der Waals surface area contributed by atoms with Crippen LogP contribution in [0.5, 0.6) is 5.75 Å². The first-order valence-corrected chi connectivity index (χ1v) is 19.7. The van der Waals surface area contributed by atoms with E-state index in [9.17, 15) is 29.7 Å². The monoisotopic (exact) mass is 757 g/mol. The smallest absolute Gasteiger partial charge is 0.311 e. The van der Waals surface area contributed by atoms with Gasteiger partial charge in [0.05, 0.1) is 24.0 Å². The lowest BCUT2D eigenvalue weighted by Crippen LogP contribution is -2.23. The number of carbonyl (C=O) groups excluding carboxylic acids is 3. The molecule has 0 amide bonds. The molecule has 3 rings (SSSR count). The average molecular weight is 758 g/mol. The average Bonchev–Trinajstić information content (AvgIpc) is 3.45. The second kappa shape index (κ2) is 25.6. The van der Waals surface area contributed by atoms with Crippen molar-refractivity contribution in [3.8, 4) is 30.4 Å². The van der Waals surface area contributed by atoms with Gasteiger partial charge in [-0.2, -0.15) is 0 Å². The number of unbranched alkanes of at least 4 members (excludes halogenated alkanes) is 5.